The number of carbonyl (C=O) groups is 2. The number of nitrogens with one attached hydrogen (secondary N) is 2. The summed E-state index contributed by atoms with van der Waals surface area (Å²) in [5, 5.41) is 5.42. The zero-order valence-corrected chi connectivity index (χ0v) is 16.4. The van der Waals surface area contributed by atoms with Crippen LogP contribution in [0.3, 0.4) is 0 Å². The fraction of sp³-hybridized carbons (Fsp3) is 0.300. The van der Waals surface area contributed by atoms with Gasteiger partial charge in [-0.15, -0.1) is 0 Å². The van der Waals surface area contributed by atoms with E-state index < -0.39 is 23.7 Å². The molecule has 0 spiro atoms. The van der Waals surface area contributed by atoms with E-state index in [0.717, 1.165) is 0 Å². The summed E-state index contributed by atoms with van der Waals surface area (Å²) in [5.74, 6) is -0.0717. The van der Waals surface area contributed by atoms with Gasteiger partial charge in [0.15, 0.2) is 0 Å². The van der Waals surface area contributed by atoms with Crippen molar-refractivity contribution in [3.05, 3.63) is 59.4 Å². The number of anilines is 1. The Hall–Kier alpha value is -2.54. The predicted molar refractivity (Wildman–Crippen MR) is 107 cm³/mol. The molecular formula is C20H23FN2O3S. The Morgan fingerprint density at radius 2 is 1.96 bits per heavy atom. The number of ether oxygens (including phenoxy) is 1. The summed E-state index contributed by atoms with van der Waals surface area (Å²) >= 11 is 1.57. The SMILES string of the molecule is COc1ccccc1C(=O)NC(CCSC)C(=O)Nc1ccc(C)c(F)c1. The van der Waals surface area contributed by atoms with E-state index in [4.69, 9.17) is 4.74 Å². The molecule has 0 fully saturated rings. The average molecular weight is 390 g/mol. The lowest BCUT2D eigenvalue weighted by Gasteiger charge is -2.19. The van der Waals surface area contributed by atoms with E-state index in [-0.39, 0.29) is 0 Å². The maximum atomic E-state index is 13.7. The molecule has 2 rings (SSSR count). The number of thioether (sulfide) groups is 1. The molecule has 0 radical (unpaired) electrons. The van der Waals surface area contributed by atoms with Crippen molar-refractivity contribution in [1.82, 2.24) is 5.32 Å². The number of aryl methyl sites for hydroxylation is 1. The van der Waals surface area contributed by atoms with Crippen molar-refractivity contribution in [3.8, 4) is 5.75 Å². The molecule has 0 saturated carbocycles. The maximum absolute atomic E-state index is 13.7. The number of para-hydroxylation sites is 1. The van der Waals surface area contributed by atoms with Crippen LogP contribution < -0.4 is 15.4 Å². The third kappa shape index (κ3) is 5.72. The summed E-state index contributed by atoms with van der Waals surface area (Å²) in [6.07, 6.45) is 2.37. The van der Waals surface area contributed by atoms with Gasteiger partial charge in [-0.3, -0.25) is 9.59 Å². The monoisotopic (exact) mass is 390 g/mol. The van der Waals surface area contributed by atoms with Gasteiger partial charge in [-0.1, -0.05) is 18.2 Å². The van der Waals surface area contributed by atoms with Crippen LogP contribution in [0, 0.1) is 12.7 Å². The highest BCUT2D eigenvalue weighted by Crippen LogP contribution is 2.18. The molecule has 1 unspecified atom stereocenters. The van der Waals surface area contributed by atoms with E-state index in [1.54, 1.807) is 55.1 Å². The van der Waals surface area contributed by atoms with E-state index in [2.05, 4.69) is 10.6 Å². The Labute approximate surface area is 162 Å². The number of carbonyl (C=O) groups excluding carboxylic acids is 2. The molecule has 2 aromatic carbocycles. The van der Waals surface area contributed by atoms with Gasteiger partial charge < -0.3 is 15.4 Å². The van der Waals surface area contributed by atoms with Gasteiger partial charge in [0.1, 0.15) is 17.6 Å². The topological polar surface area (TPSA) is 67.4 Å². The minimum atomic E-state index is -0.751. The normalized spacial score (nSPS) is 11.6. The van der Waals surface area contributed by atoms with Crippen molar-refractivity contribution in [2.24, 2.45) is 0 Å². The van der Waals surface area contributed by atoms with Crippen LogP contribution in [-0.2, 0) is 4.79 Å². The van der Waals surface area contributed by atoms with E-state index >= 15 is 0 Å². The van der Waals surface area contributed by atoms with E-state index in [1.165, 1.54) is 13.2 Å². The summed E-state index contributed by atoms with van der Waals surface area (Å²) in [6, 6.07) is 10.5. The Morgan fingerprint density at radius 3 is 2.63 bits per heavy atom. The number of benzene rings is 2. The van der Waals surface area contributed by atoms with Crippen LogP contribution in [0.5, 0.6) is 5.75 Å². The second-order valence-electron chi connectivity index (χ2n) is 5.96. The molecule has 0 aromatic heterocycles. The summed E-state index contributed by atoms with van der Waals surface area (Å²) in [7, 11) is 1.48. The lowest BCUT2D eigenvalue weighted by atomic mass is 10.1. The number of hydrogen-bond donors (Lipinski definition) is 2. The lowest BCUT2D eigenvalue weighted by Crippen LogP contribution is -2.44. The van der Waals surface area contributed by atoms with Crippen LogP contribution in [0.4, 0.5) is 10.1 Å². The first-order valence-electron chi connectivity index (χ1n) is 8.46. The molecule has 0 heterocycles. The zero-order chi connectivity index (χ0) is 19.8. The predicted octanol–water partition coefficient (Wildman–Crippen LogP) is 3.63. The highest BCUT2D eigenvalue weighted by molar-refractivity contribution is 7.98. The molecule has 5 nitrogen and oxygen atoms in total. The number of halogens is 1. The molecule has 0 saturated heterocycles. The van der Waals surface area contributed by atoms with Crippen molar-refractivity contribution >= 4 is 29.3 Å². The van der Waals surface area contributed by atoms with Crippen LogP contribution in [0.25, 0.3) is 0 Å². The van der Waals surface area contributed by atoms with Crippen LogP contribution >= 0.6 is 11.8 Å². The summed E-state index contributed by atoms with van der Waals surface area (Å²) < 4.78 is 18.9. The molecule has 27 heavy (non-hydrogen) atoms. The highest BCUT2D eigenvalue weighted by Gasteiger charge is 2.23. The standard InChI is InChI=1S/C20H23FN2O3S/c1-13-8-9-14(12-16(13)21)22-20(25)17(10-11-27-3)23-19(24)15-6-4-5-7-18(15)26-2/h4-9,12,17H,10-11H2,1-3H3,(H,22,25)(H,23,24). The summed E-state index contributed by atoms with van der Waals surface area (Å²) in [6.45, 7) is 1.65. The Kier molecular flexibility index (Phi) is 7.67. The fourth-order valence-electron chi connectivity index (χ4n) is 2.47. The molecule has 144 valence electrons. The molecule has 1 atom stereocenters. The minimum Gasteiger partial charge on any atom is -0.496 e. The zero-order valence-electron chi connectivity index (χ0n) is 15.5. The Balaban J connectivity index is 2.14. The van der Waals surface area contributed by atoms with E-state index in [1.807, 2.05) is 6.26 Å². The first-order chi connectivity index (χ1) is 13.0. The van der Waals surface area contributed by atoms with E-state index in [0.29, 0.717) is 34.7 Å². The largest absolute Gasteiger partial charge is 0.496 e. The van der Waals surface area contributed by atoms with Gasteiger partial charge in [0.2, 0.25) is 5.91 Å². The van der Waals surface area contributed by atoms with Gasteiger partial charge in [0.25, 0.3) is 5.91 Å². The number of methoxy groups -OCH3 is 1. The molecule has 2 amide bonds. The van der Waals surface area contributed by atoms with Crippen molar-refractivity contribution < 1.29 is 18.7 Å². The van der Waals surface area contributed by atoms with Gasteiger partial charge in [0, 0.05) is 5.69 Å². The van der Waals surface area contributed by atoms with Crippen molar-refractivity contribution in [3.63, 3.8) is 0 Å². The molecule has 7 heteroatoms. The van der Waals surface area contributed by atoms with Crippen LogP contribution in [-0.4, -0.2) is 37.0 Å². The number of rotatable bonds is 8. The Morgan fingerprint density at radius 1 is 1.22 bits per heavy atom. The van der Waals surface area contributed by atoms with Gasteiger partial charge >= 0.3 is 0 Å². The third-order valence-electron chi connectivity index (χ3n) is 4.02. The first kappa shape index (κ1) is 20.8. The molecule has 0 aliphatic rings. The van der Waals surface area contributed by atoms with Crippen molar-refractivity contribution in [2.45, 2.75) is 19.4 Å². The van der Waals surface area contributed by atoms with Crippen molar-refractivity contribution in [1.29, 1.82) is 0 Å². The van der Waals surface area contributed by atoms with Gasteiger partial charge in [0.05, 0.1) is 12.7 Å². The molecule has 2 N–H and O–H groups in total. The highest BCUT2D eigenvalue weighted by atomic mass is 32.2. The third-order valence-corrected chi connectivity index (χ3v) is 4.67. The number of hydrogen-bond acceptors (Lipinski definition) is 4. The number of amides is 2. The quantitative estimate of drug-likeness (QED) is 0.722. The molecule has 0 aliphatic heterocycles. The van der Waals surface area contributed by atoms with Crippen molar-refractivity contribution in [2.75, 3.05) is 24.4 Å². The molecule has 0 bridgehead atoms. The van der Waals surface area contributed by atoms with Crippen LogP contribution in [0.2, 0.25) is 0 Å². The van der Waals surface area contributed by atoms with Gasteiger partial charge in [-0.05, 0) is 55.2 Å². The second-order valence-corrected chi connectivity index (χ2v) is 6.95. The smallest absolute Gasteiger partial charge is 0.255 e. The average Bonchev–Trinajstić information content (AvgIpc) is 2.67. The summed E-state index contributed by atoms with van der Waals surface area (Å²) in [4.78, 5) is 25.3. The van der Waals surface area contributed by atoms with Gasteiger partial charge in [-0.25, -0.2) is 4.39 Å². The second kappa shape index (κ2) is 9.97. The summed E-state index contributed by atoms with van der Waals surface area (Å²) in [5.41, 5.74) is 1.20. The first-order valence-corrected chi connectivity index (χ1v) is 9.85. The lowest BCUT2D eigenvalue weighted by molar-refractivity contribution is -0.118. The minimum absolute atomic E-state index is 0.350. The van der Waals surface area contributed by atoms with Crippen LogP contribution in [0.1, 0.15) is 22.3 Å². The van der Waals surface area contributed by atoms with Crippen LogP contribution in [0.15, 0.2) is 42.5 Å². The molecule has 2 aromatic rings. The molecular weight excluding hydrogens is 367 g/mol. The fourth-order valence-corrected chi connectivity index (χ4v) is 2.94. The maximum Gasteiger partial charge on any atom is 0.255 e. The van der Waals surface area contributed by atoms with Gasteiger partial charge in [-0.2, -0.15) is 11.8 Å². The van der Waals surface area contributed by atoms with E-state index in [9.17, 15) is 14.0 Å². The molecule has 0 aliphatic carbocycles. The Bertz CT molecular complexity index is 814.